The first-order valence-electron chi connectivity index (χ1n) is 8.37. The Morgan fingerprint density at radius 2 is 1.48 bits per heavy atom. The van der Waals surface area contributed by atoms with Crippen LogP contribution in [-0.2, 0) is 6.42 Å². The molecule has 160 valence electrons. The van der Waals surface area contributed by atoms with Crippen molar-refractivity contribution in [3.63, 3.8) is 0 Å². The Bertz CT molecular complexity index is 926. The van der Waals surface area contributed by atoms with Crippen molar-refractivity contribution in [2.75, 3.05) is 20.8 Å². The van der Waals surface area contributed by atoms with Crippen molar-refractivity contribution >= 4 is 10.8 Å². The van der Waals surface area contributed by atoms with Crippen LogP contribution in [0.2, 0.25) is 0 Å². The van der Waals surface area contributed by atoms with Crippen molar-refractivity contribution in [1.29, 1.82) is 0 Å². The van der Waals surface area contributed by atoms with E-state index in [1.807, 2.05) is 0 Å². The molecule has 11 heteroatoms. The van der Waals surface area contributed by atoms with E-state index in [-0.39, 0.29) is 13.0 Å². The van der Waals surface area contributed by atoms with E-state index in [0.29, 0.717) is 17.1 Å². The van der Waals surface area contributed by atoms with Gasteiger partial charge in [-0.2, -0.15) is 4.31 Å². The number of ether oxygens (including phenoxy) is 2. The van der Waals surface area contributed by atoms with E-state index in [1.54, 1.807) is 12.1 Å². The summed E-state index contributed by atoms with van der Waals surface area (Å²) in [5.41, 5.74) is 1.22. The molecule has 3 rings (SSSR count). The average Bonchev–Trinajstić information content (AvgIpc) is 2.69. The third-order valence-corrected chi connectivity index (χ3v) is 6.94. The minimum Gasteiger partial charge on any atom is -0.497 e. The molecule has 29 heavy (non-hydrogen) atoms. The molecule has 1 unspecified atom stereocenters. The molecule has 0 spiro atoms. The smallest absolute Gasteiger partial charge is 0.200 e. The number of hydrogen-bond donors (Lipinski definition) is 2. The van der Waals surface area contributed by atoms with Gasteiger partial charge in [-0.1, -0.05) is 0 Å². The van der Waals surface area contributed by atoms with Gasteiger partial charge in [0.1, 0.15) is 11.5 Å². The fourth-order valence-electron chi connectivity index (χ4n) is 3.48. The van der Waals surface area contributed by atoms with E-state index < -0.39 is 50.8 Å². The lowest BCUT2D eigenvalue weighted by Crippen LogP contribution is -2.37. The normalized spacial score (nSPS) is 17.8. The summed E-state index contributed by atoms with van der Waals surface area (Å²) >= 11 is 0. The highest BCUT2D eigenvalue weighted by Crippen LogP contribution is 2.59. The monoisotopic (exact) mass is 439 g/mol. The molecule has 0 fully saturated rings. The predicted octanol–water partition coefficient (Wildman–Crippen LogP) is 5.04. The summed E-state index contributed by atoms with van der Waals surface area (Å²) in [5.74, 6) is -10.6. The molecule has 0 amide bonds. The van der Waals surface area contributed by atoms with Gasteiger partial charge in [-0.15, -0.1) is 10.8 Å². The predicted molar refractivity (Wildman–Crippen MR) is 95.7 cm³/mol. The van der Waals surface area contributed by atoms with Gasteiger partial charge >= 0.3 is 0 Å². The number of rotatable bonds is 4. The van der Waals surface area contributed by atoms with E-state index in [0.717, 1.165) is 9.87 Å². The van der Waals surface area contributed by atoms with E-state index in [1.165, 1.54) is 21.1 Å². The van der Waals surface area contributed by atoms with E-state index in [2.05, 4.69) is 0 Å². The highest BCUT2D eigenvalue weighted by Gasteiger charge is 2.42. The molecule has 1 heterocycles. The van der Waals surface area contributed by atoms with Crippen molar-refractivity contribution in [3.05, 3.63) is 52.3 Å². The summed E-state index contributed by atoms with van der Waals surface area (Å²) in [7, 11) is -1.73. The molecule has 1 atom stereocenters. The maximum absolute atomic E-state index is 14.2. The molecular weight excluding hydrogens is 421 g/mol. The Labute approximate surface area is 165 Å². The van der Waals surface area contributed by atoms with Crippen LogP contribution in [0, 0.1) is 29.1 Å². The minimum atomic E-state index is -4.57. The Hall–Kier alpha value is -2.08. The van der Waals surface area contributed by atoms with Crippen LogP contribution in [0.25, 0.3) is 0 Å². The number of hydrogen-bond acceptors (Lipinski definition) is 5. The molecule has 2 N–H and O–H groups in total. The van der Waals surface area contributed by atoms with Gasteiger partial charge in [-0.25, -0.2) is 22.0 Å². The van der Waals surface area contributed by atoms with Gasteiger partial charge in [0.2, 0.25) is 5.82 Å². The van der Waals surface area contributed by atoms with Crippen molar-refractivity contribution in [2.45, 2.75) is 24.3 Å². The summed E-state index contributed by atoms with van der Waals surface area (Å²) in [6.07, 6.45) is 0.193. The summed E-state index contributed by atoms with van der Waals surface area (Å²) < 4.78 is 102. The molecule has 0 bridgehead atoms. The second kappa shape index (κ2) is 7.63. The SMILES string of the molecule is COc1cc2c(c(OC)c1)C(C)N(S(O)(O)c1c(F)c(F)c(F)c(F)c1F)CC2. The van der Waals surface area contributed by atoms with Gasteiger partial charge < -0.3 is 9.47 Å². The van der Waals surface area contributed by atoms with E-state index >= 15 is 0 Å². The first kappa shape index (κ1) is 21.6. The van der Waals surface area contributed by atoms with Crippen molar-refractivity contribution in [1.82, 2.24) is 4.31 Å². The van der Waals surface area contributed by atoms with Gasteiger partial charge in [0.25, 0.3) is 0 Å². The number of methoxy groups -OCH3 is 2. The second-order valence-corrected chi connectivity index (χ2v) is 8.30. The maximum Gasteiger partial charge on any atom is 0.200 e. The van der Waals surface area contributed by atoms with Crippen molar-refractivity contribution < 1.29 is 40.5 Å². The lowest BCUT2D eigenvalue weighted by molar-refractivity contribution is 0.267. The number of fused-ring (bicyclic) bond motifs is 1. The van der Waals surface area contributed by atoms with Crippen LogP contribution in [0.15, 0.2) is 17.0 Å². The summed E-state index contributed by atoms with van der Waals surface area (Å²) in [6.45, 7) is 1.39. The standard InChI is InChI=1S/C18H18F5NO4S/c1-8-12-9(6-10(27-2)7-11(12)28-3)4-5-24(8)29(25,26)18-16(22)14(20)13(19)15(21)17(18)23/h6-8,25-26H,4-5H2,1-3H3. The average molecular weight is 439 g/mol. The van der Waals surface area contributed by atoms with Crippen LogP contribution in [0.1, 0.15) is 24.1 Å². The Balaban J connectivity index is 2.14. The zero-order valence-electron chi connectivity index (χ0n) is 15.6. The quantitative estimate of drug-likeness (QED) is 0.397. The van der Waals surface area contributed by atoms with Gasteiger partial charge in [0, 0.05) is 18.2 Å². The highest BCUT2D eigenvalue weighted by atomic mass is 32.3. The van der Waals surface area contributed by atoms with Crippen LogP contribution in [0.4, 0.5) is 22.0 Å². The fourth-order valence-corrected chi connectivity index (χ4v) is 5.27. The summed E-state index contributed by atoms with van der Waals surface area (Å²) in [6, 6.07) is 2.37. The molecule has 0 aromatic heterocycles. The molecule has 0 saturated heterocycles. The van der Waals surface area contributed by atoms with Crippen LogP contribution in [0.3, 0.4) is 0 Å². The van der Waals surface area contributed by atoms with Crippen molar-refractivity contribution in [2.24, 2.45) is 0 Å². The number of halogens is 5. The third-order valence-electron chi connectivity index (χ3n) is 4.88. The van der Waals surface area contributed by atoms with E-state index in [4.69, 9.17) is 9.47 Å². The lowest BCUT2D eigenvalue weighted by Gasteiger charge is -2.48. The largest absolute Gasteiger partial charge is 0.497 e. The van der Waals surface area contributed by atoms with Gasteiger partial charge in [0.15, 0.2) is 28.2 Å². The topological polar surface area (TPSA) is 62.2 Å². The number of benzene rings is 2. The van der Waals surface area contributed by atoms with Crippen molar-refractivity contribution in [3.8, 4) is 11.5 Å². The molecule has 0 saturated carbocycles. The van der Waals surface area contributed by atoms with Gasteiger partial charge in [0.05, 0.1) is 20.3 Å². The molecule has 1 aliphatic rings. The molecule has 0 aliphatic carbocycles. The Morgan fingerprint density at radius 3 is 2.00 bits per heavy atom. The first-order valence-corrected chi connectivity index (χ1v) is 9.87. The second-order valence-electron chi connectivity index (χ2n) is 6.39. The van der Waals surface area contributed by atoms with E-state index in [9.17, 15) is 31.1 Å². The zero-order valence-corrected chi connectivity index (χ0v) is 16.4. The molecular formula is C18H18F5NO4S. The van der Waals surface area contributed by atoms with Gasteiger partial charge in [-0.3, -0.25) is 9.11 Å². The minimum absolute atomic E-state index is 0.119. The van der Waals surface area contributed by atoms with Crippen LogP contribution < -0.4 is 9.47 Å². The zero-order chi connectivity index (χ0) is 21.7. The summed E-state index contributed by atoms with van der Waals surface area (Å²) in [5, 5.41) is 0. The Kier molecular flexibility index (Phi) is 5.69. The third kappa shape index (κ3) is 3.31. The van der Waals surface area contributed by atoms with Gasteiger partial charge in [-0.05, 0) is 25.0 Å². The Morgan fingerprint density at radius 1 is 0.931 bits per heavy atom. The lowest BCUT2D eigenvalue weighted by atomic mass is 9.94. The van der Waals surface area contributed by atoms with Crippen LogP contribution in [0.5, 0.6) is 11.5 Å². The molecule has 1 aliphatic heterocycles. The first-order chi connectivity index (χ1) is 13.6. The van der Waals surface area contributed by atoms with Crippen LogP contribution >= 0.6 is 10.8 Å². The number of nitrogens with zero attached hydrogens (tertiary/aromatic N) is 1. The molecule has 2 aromatic carbocycles. The van der Waals surface area contributed by atoms with Crippen LogP contribution in [-0.4, -0.2) is 34.2 Å². The fraction of sp³-hybridized carbons (Fsp3) is 0.333. The maximum atomic E-state index is 14.2. The molecule has 0 radical (unpaired) electrons. The highest BCUT2D eigenvalue weighted by molar-refractivity contribution is 8.22. The molecule has 5 nitrogen and oxygen atoms in total. The summed E-state index contributed by atoms with van der Waals surface area (Å²) in [4.78, 5) is -1.66. The molecule has 2 aromatic rings.